The summed E-state index contributed by atoms with van der Waals surface area (Å²) in [6.45, 7) is 14.0. The number of alkyl halides is 3. The quantitative estimate of drug-likeness (QED) is 0.160. The number of esters is 4. The highest BCUT2D eigenvalue weighted by Gasteiger charge is 2.58. The molecule has 1 fully saturated rings. The minimum Gasteiger partial charge on any atom is -0.467 e. The van der Waals surface area contributed by atoms with Gasteiger partial charge in [-0.1, -0.05) is 34.8 Å². The largest absolute Gasteiger partial charge is 0.467 e. The lowest BCUT2D eigenvalue weighted by Gasteiger charge is -2.45. The minimum atomic E-state index is -2.37. The van der Waals surface area contributed by atoms with E-state index in [4.69, 9.17) is 68.6 Å². The molecule has 1 rings (SSSR count). The maximum atomic E-state index is 13.0. The van der Waals surface area contributed by atoms with Crippen LogP contribution in [0.25, 0.3) is 0 Å². The van der Waals surface area contributed by atoms with E-state index in [1.165, 1.54) is 0 Å². The second-order valence-corrected chi connectivity index (χ2v) is 14.0. The molecule has 11 nitrogen and oxygen atoms in total. The van der Waals surface area contributed by atoms with Crippen molar-refractivity contribution in [1.82, 2.24) is 0 Å². The maximum absolute atomic E-state index is 13.0. The molecule has 38 heavy (non-hydrogen) atoms. The van der Waals surface area contributed by atoms with Gasteiger partial charge < -0.3 is 28.4 Å². The molecule has 5 unspecified atom stereocenters. The molecule has 0 amide bonds. The van der Waals surface area contributed by atoms with Crippen LogP contribution in [0.5, 0.6) is 0 Å². The van der Waals surface area contributed by atoms with Gasteiger partial charge in [0.25, 0.3) is 3.79 Å². The van der Waals surface area contributed by atoms with Crippen LogP contribution in [0.3, 0.4) is 0 Å². The molecule has 1 aliphatic rings. The van der Waals surface area contributed by atoms with E-state index < -0.39 is 80.5 Å². The van der Waals surface area contributed by atoms with Gasteiger partial charge >= 0.3 is 23.9 Å². The van der Waals surface area contributed by atoms with E-state index in [1.807, 2.05) is 0 Å². The van der Waals surface area contributed by atoms with Crippen molar-refractivity contribution in [2.75, 3.05) is 7.11 Å². The first-order chi connectivity index (χ1) is 16.9. The topological polar surface area (TPSA) is 148 Å². The molecule has 1 aliphatic heterocycles. The Balaban J connectivity index is 3.80. The Labute approximate surface area is 237 Å². The summed E-state index contributed by atoms with van der Waals surface area (Å²) < 4.78 is 30.5. The van der Waals surface area contributed by atoms with Gasteiger partial charge in [-0.15, -0.1) is 0 Å². The number of nitrogens with one attached hydrogen (secondary N) is 1. The van der Waals surface area contributed by atoms with Gasteiger partial charge in [-0.2, -0.15) is 0 Å². The van der Waals surface area contributed by atoms with Crippen molar-refractivity contribution in [3.8, 4) is 0 Å². The Hall–Kier alpha value is -1.82. The van der Waals surface area contributed by atoms with Crippen molar-refractivity contribution >= 4 is 64.6 Å². The van der Waals surface area contributed by atoms with Gasteiger partial charge in [-0.3, -0.25) is 19.8 Å². The number of methoxy groups -OCH3 is 1. The Bertz CT molecular complexity index is 928. The summed E-state index contributed by atoms with van der Waals surface area (Å²) in [6, 6.07) is 0. The molecule has 5 atom stereocenters. The van der Waals surface area contributed by atoms with E-state index in [-0.39, 0.29) is 0 Å². The number of hydrogen-bond acceptors (Lipinski definition) is 11. The van der Waals surface area contributed by atoms with Crippen molar-refractivity contribution < 1.29 is 47.6 Å². The molecule has 218 valence electrons. The van der Waals surface area contributed by atoms with Crippen LogP contribution in [-0.2, 0) is 47.6 Å². The monoisotopic (exact) mass is 603 g/mol. The van der Waals surface area contributed by atoms with E-state index in [0.717, 1.165) is 7.11 Å². The molecule has 0 saturated carbocycles. The fraction of sp³-hybridized carbons (Fsp3) is 0.792. The highest BCUT2D eigenvalue weighted by molar-refractivity contribution is 6.76. The average Bonchev–Trinajstić information content (AvgIpc) is 2.73. The molecule has 0 aromatic heterocycles. The van der Waals surface area contributed by atoms with Crippen LogP contribution in [0.1, 0.15) is 62.3 Å². The Morgan fingerprint density at radius 2 is 1.03 bits per heavy atom. The predicted octanol–water partition coefficient (Wildman–Crippen LogP) is 4.12. The SMILES string of the molecule is COC(=O)C1OC(OC(=N)C(Cl)(Cl)Cl)C(OC(=O)C(C)(C)C)C(OC(=O)C(C)(C)C)C1OC(=O)C(C)(C)C. The molecule has 1 N–H and O–H groups in total. The summed E-state index contributed by atoms with van der Waals surface area (Å²) in [5, 5.41) is 7.99. The summed E-state index contributed by atoms with van der Waals surface area (Å²) in [6.07, 6.45) is -8.57. The van der Waals surface area contributed by atoms with Crippen LogP contribution >= 0.6 is 34.8 Å². The van der Waals surface area contributed by atoms with Gasteiger partial charge in [-0.25, -0.2) is 4.79 Å². The maximum Gasteiger partial charge on any atom is 0.339 e. The Morgan fingerprint density at radius 1 is 0.658 bits per heavy atom. The fourth-order valence-electron chi connectivity index (χ4n) is 2.68. The lowest BCUT2D eigenvalue weighted by atomic mass is 9.93. The number of hydrogen-bond donors (Lipinski definition) is 1. The third-order valence-corrected chi connectivity index (χ3v) is 5.50. The number of carbonyl (C=O) groups is 4. The Morgan fingerprint density at radius 3 is 1.37 bits per heavy atom. The molecular formula is C24H36Cl3NO10. The van der Waals surface area contributed by atoms with Crippen LogP contribution in [0, 0.1) is 21.7 Å². The lowest BCUT2D eigenvalue weighted by Crippen LogP contribution is -2.65. The van der Waals surface area contributed by atoms with Crippen LogP contribution in [0.2, 0.25) is 0 Å². The molecular weight excluding hydrogens is 569 g/mol. The predicted molar refractivity (Wildman–Crippen MR) is 138 cm³/mol. The van der Waals surface area contributed by atoms with Crippen molar-refractivity contribution in [1.29, 1.82) is 5.41 Å². The molecule has 0 radical (unpaired) electrons. The first kappa shape index (κ1) is 34.2. The first-order valence-corrected chi connectivity index (χ1v) is 12.7. The van der Waals surface area contributed by atoms with E-state index in [9.17, 15) is 19.2 Å². The van der Waals surface area contributed by atoms with Crippen molar-refractivity contribution in [3.05, 3.63) is 0 Å². The van der Waals surface area contributed by atoms with Crippen molar-refractivity contribution in [3.63, 3.8) is 0 Å². The smallest absolute Gasteiger partial charge is 0.339 e. The molecule has 1 heterocycles. The Kier molecular flexibility index (Phi) is 10.9. The molecule has 0 aromatic rings. The number of halogens is 3. The molecule has 1 saturated heterocycles. The van der Waals surface area contributed by atoms with E-state index in [0.29, 0.717) is 0 Å². The third kappa shape index (κ3) is 9.14. The summed E-state index contributed by atoms with van der Waals surface area (Å²) in [5.74, 6) is -4.36. The zero-order valence-corrected chi connectivity index (χ0v) is 25.4. The van der Waals surface area contributed by atoms with Crippen molar-refractivity contribution in [2.24, 2.45) is 16.2 Å². The summed E-state index contributed by atoms with van der Waals surface area (Å²) in [4.78, 5) is 51.6. The average molecular weight is 605 g/mol. The van der Waals surface area contributed by atoms with Gasteiger partial charge in [0, 0.05) is 0 Å². The molecule has 0 aliphatic carbocycles. The van der Waals surface area contributed by atoms with Crippen LogP contribution in [-0.4, -0.2) is 71.4 Å². The van der Waals surface area contributed by atoms with Gasteiger partial charge in [0.2, 0.25) is 18.3 Å². The van der Waals surface area contributed by atoms with Crippen molar-refractivity contribution in [2.45, 2.75) is 96.8 Å². The zero-order chi connectivity index (χ0) is 30.0. The summed E-state index contributed by atoms with van der Waals surface area (Å²) >= 11 is 17.3. The van der Waals surface area contributed by atoms with Crippen LogP contribution < -0.4 is 0 Å². The molecule has 0 aromatic carbocycles. The number of rotatable bonds is 5. The molecule has 14 heteroatoms. The highest BCUT2D eigenvalue weighted by Crippen LogP contribution is 2.36. The summed E-state index contributed by atoms with van der Waals surface area (Å²) in [5.41, 5.74) is -3.19. The second-order valence-electron chi connectivity index (χ2n) is 11.8. The van der Waals surface area contributed by atoms with Gasteiger partial charge in [-0.05, 0) is 62.3 Å². The molecule has 0 bridgehead atoms. The number of ether oxygens (including phenoxy) is 6. The van der Waals surface area contributed by atoms with E-state index in [1.54, 1.807) is 62.3 Å². The standard InChI is InChI=1S/C24H36Cl3NO10/c1-21(2,3)18(30)35-11-12(36-19(31)22(4,5)6)14(37-20(32)23(7,8)9)16(34-13(11)15(29)33-10)38-17(28)24(25,26)27/h11-14,16,28H,1-10H3. The lowest BCUT2D eigenvalue weighted by molar-refractivity contribution is -0.290. The minimum absolute atomic E-state index is 0.786. The van der Waals surface area contributed by atoms with Gasteiger partial charge in [0.15, 0.2) is 18.3 Å². The van der Waals surface area contributed by atoms with Gasteiger partial charge in [0.05, 0.1) is 23.4 Å². The van der Waals surface area contributed by atoms with E-state index >= 15 is 0 Å². The second kappa shape index (κ2) is 12.1. The first-order valence-electron chi connectivity index (χ1n) is 11.6. The zero-order valence-electron chi connectivity index (χ0n) is 23.1. The fourth-order valence-corrected chi connectivity index (χ4v) is 2.82. The summed E-state index contributed by atoms with van der Waals surface area (Å²) in [7, 11) is 1.05. The van der Waals surface area contributed by atoms with E-state index in [2.05, 4.69) is 0 Å². The number of carbonyl (C=O) groups excluding carboxylic acids is 4. The van der Waals surface area contributed by atoms with Crippen LogP contribution in [0.15, 0.2) is 0 Å². The highest BCUT2D eigenvalue weighted by atomic mass is 35.6. The third-order valence-electron chi connectivity index (χ3n) is 4.99. The normalized spacial score (nSPS) is 24.6. The molecule has 0 spiro atoms. The van der Waals surface area contributed by atoms with Crippen LogP contribution in [0.4, 0.5) is 0 Å². The van der Waals surface area contributed by atoms with Gasteiger partial charge in [0.1, 0.15) is 0 Å².